The molecular formula is C29H35N9O3S. The summed E-state index contributed by atoms with van der Waals surface area (Å²) in [5, 5.41) is 17.6. The van der Waals surface area contributed by atoms with Gasteiger partial charge in [0.15, 0.2) is 5.69 Å². The lowest BCUT2D eigenvalue weighted by atomic mass is 9.93. The van der Waals surface area contributed by atoms with Crippen molar-refractivity contribution < 1.29 is 13.2 Å². The maximum absolute atomic E-state index is 13.6. The molecule has 1 aliphatic carbocycles. The van der Waals surface area contributed by atoms with Crippen molar-refractivity contribution in [2.24, 2.45) is 7.05 Å². The molecule has 220 valence electrons. The molecule has 1 saturated heterocycles. The Balaban J connectivity index is 1.20. The molecule has 1 aliphatic heterocycles. The highest BCUT2D eigenvalue weighted by atomic mass is 32.2. The fourth-order valence-electron chi connectivity index (χ4n) is 5.94. The first-order valence-electron chi connectivity index (χ1n) is 14.4. The molecule has 13 heteroatoms. The fraction of sp³-hybridized carbons (Fsp3) is 0.414. The van der Waals surface area contributed by atoms with Gasteiger partial charge in [-0.1, -0.05) is 32.0 Å². The number of anilines is 2. The summed E-state index contributed by atoms with van der Waals surface area (Å²) in [6.45, 7) is 4.95. The maximum Gasteiger partial charge on any atom is 0.276 e. The Labute approximate surface area is 245 Å². The summed E-state index contributed by atoms with van der Waals surface area (Å²) < 4.78 is 28.9. The van der Waals surface area contributed by atoms with Crippen LogP contribution in [-0.4, -0.2) is 67.7 Å². The molecule has 1 aromatic carbocycles. The number of hydrogen-bond acceptors (Lipinski definition) is 8. The number of carbonyl (C=O) groups is 1. The van der Waals surface area contributed by atoms with Gasteiger partial charge in [0, 0.05) is 49.8 Å². The number of H-pyrrole nitrogens is 1. The van der Waals surface area contributed by atoms with E-state index >= 15 is 0 Å². The molecule has 6 rings (SSSR count). The third-order valence-corrected chi connectivity index (χ3v) is 10.1. The van der Waals surface area contributed by atoms with Crippen molar-refractivity contribution in [1.82, 2.24) is 34.3 Å². The van der Waals surface area contributed by atoms with Gasteiger partial charge in [-0.3, -0.25) is 14.6 Å². The quantitative estimate of drug-likeness (QED) is 0.283. The Bertz CT molecular complexity index is 1700. The zero-order chi connectivity index (χ0) is 29.4. The first kappa shape index (κ1) is 28.0. The number of piperidine rings is 1. The van der Waals surface area contributed by atoms with E-state index in [4.69, 9.17) is 4.98 Å². The van der Waals surface area contributed by atoms with Gasteiger partial charge >= 0.3 is 0 Å². The average Bonchev–Trinajstić information content (AvgIpc) is 3.67. The molecule has 12 nitrogen and oxygen atoms in total. The molecule has 1 amide bonds. The SMILES string of the molecule is CCc1cccc(CC)c1NC(=O)c1nn(C)c2c1CCc1cnc(NC3CCN(S(=O)(=O)c4cn[nH]c4)CC3)nc1-2. The zero-order valence-electron chi connectivity index (χ0n) is 24.0. The van der Waals surface area contributed by atoms with E-state index in [9.17, 15) is 13.2 Å². The predicted octanol–water partition coefficient (Wildman–Crippen LogP) is 3.34. The number of nitrogens with one attached hydrogen (secondary N) is 3. The summed E-state index contributed by atoms with van der Waals surface area (Å²) in [5.41, 5.74) is 6.99. The highest BCUT2D eigenvalue weighted by Crippen LogP contribution is 2.35. The van der Waals surface area contributed by atoms with Crippen LogP contribution in [0.4, 0.5) is 11.6 Å². The van der Waals surface area contributed by atoms with Crippen LogP contribution in [0.5, 0.6) is 0 Å². The van der Waals surface area contributed by atoms with Crippen molar-refractivity contribution in [3.8, 4) is 11.4 Å². The summed E-state index contributed by atoms with van der Waals surface area (Å²) in [5.74, 6) is 0.268. The number of hydrogen-bond donors (Lipinski definition) is 3. The minimum Gasteiger partial charge on any atom is -0.351 e. The number of fused-ring (bicyclic) bond motifs is 3. The van der Waals surface area contributed by atoms with E-state index in [0.29, 0.717) is 50.4 Å². The Morgan fingerprint density at radius 3 is 2.50 bits per heavy atom. The predicted molar refractivity (Wildman–Crippen MR) is 159 cm³/mol. The Kier molecular flexibility index (Phi) is 7.54. The van der Waals surface area contributed by atoms with Crippen LogP contribution in [0.3, 0.4) is 0 Å². The highest BCUT2D eigenvalue weighted by molar-refractivity contribution is 7.89. The molecular weight excluding hydrogens is 554 g/mol. The van der Waals surface area contributed by atoms with Crippen LogP contribution < -0.4 is 10.6 Å². The van der Waals surface area contributed by atoms with Crippen LogP contribution in [0.2, 0.25) is 0 Å². The number of benzene rings is 1. The van der Waals surface area contributed by atoms with Gasteiger partial charge < -0.3 is 10.6 Å². The molecule has 0 spiro atoms. The molecule has 4 heterocycles. The van der Waals surface area contributed by atoms with Gasteiger partial charge in [0.1, 0.15) is 4.90 Å². The van der Waals surface area contributed by atoms with Crippen LogP contribution in [0.25, 0.3) is 11.4 Å². The molecule has 42 heavy (non-hydrogen) atoms. The fourth-order valence-corrected chi connectivity index (χ4v) is 7.31. The molecule has 0 bridgehead atoms. The lowest BCUT2D eigenvalue weighted by Crippen LogP contribution is -2.42. The second-order valence-corrected chi connectivity index (χ2v) is 12.7. The first-order valence-corrected chi connectivity index (χ1v) is 15.8. The van der Waals surface area contributed by atoms with Gasteiger partial charge in [-0.05, 0) is 55.2 Å². The molecule has 0 saturated carbocycles. The average molecular weight is 590 g/mol. The van der Waals surface area contributed by atoms with E-state index in [-0.39, 0.29) is 16.8 Å². The van der Waals surface area contributed by atoms with E-state index in [1.807, 2.05) is 31.4 Å². The second kappa shape index (κ2) is 11.3. The summed E-state index contributed by atoms with van der Waals surface area (Å²) in [4.78, 5) is 23.2. The van der Waals surface area contributed by atoms with E-state index in [1.54, 1.807) is 4.68 Å². The van der Waals surface area contributed by atoms with Crippen molar-refractivity contribution in [3.63, 3.8) is 0 Å². The molecule has 0 atom stereocenters. The van der Waals surface area contributed by atoms with Crippen LogP contribution in [0.1, 0.15) is 59.4 Å². The number of aromatic nitrogens is 6. The van der Waals surface area contributed by atoms with Crippen molar-refractivity contribution in [2.75, 3.05) is 23.7 Å². The van der Waals surface area contributed by atoms with Crippen molar-refractivity contribution in [3.05, 3.63) is 64.7 Å². The normalized spacial score (nSPS) is 15.7. The van der Waals surface area contributed by atoms with Crippen molar-refractivity contribution >= 4 is 27.6 Å². The Morgan fingerprint density at radius 2 is 1.83 bits per heavy atom. The number of rotatable bonds is 8. The molecule has 2 aliphatic rings. The molecule has 0 radical (unpaired) electrons. The van der Waals surface area contributed by atoms with Crippen LogP contribution >= 0.6 is 0 Å². The second-order valence-electron chi connectivity index (χ2n) is 10.7. The van der Waals surface area contributed by atoms with Crippen molar-refractivity contribution in [1.29, 1.82) is 0 Å². The summed E-state index contributed by atoms with van der Waals surface area (Å²) in [6, 6.07) is 6.16. The van der Waals surface area contributed by atoms with Crippen LogP contribution in [0, 0.1) is 0 Å². The Hall–Kier alpha value is -4.10. The smallest absolute Gasteiger partial charge is 0.276 e. The number of amides is 1. The monoisotopic (exact) mass is 589 g/mol. The standard InChI is InChI=1S/C29H35N9O3S/c1-4-18-7-6-8-19(5-2)24(18)34-28(39)26-23-10-9-20-15-30-29(35-25(20)27(23)37(3)36-26)33-21-11-13-38(14-12-21)42(40,41)22-16-31-32-17-22/h6-8,15-17,21H,4-5,9-14H2,1-3H3,(H,31,32)(H,34,39)(H,30,33,35). The third-order valence-electron chi connectivity index (χ3n) is 8.23. The summed E-state index contributed by atoms with van der Waals surface area (Å²) >= 11 is 0. The van der Waals surface area contributed by atoms with E-state index in [1.165, 1.54) is 16.7 Å². The number of nitrogens with zero attached hydrogens (tertiary/aromatic N) is 6. The largest absolute Gasteiger partial charge is 0.351 e. The molecule has 1 fully saturated rings. The van der Waals surface area contributed by atoms with Crippen molar-refractivity contribution in [2.45, 2.75) is 63.3 Å². The molecule has 3 aromatic heterocycles. The Morgan fingerprint density at radius 1 is 1.10 bits per heavy atom. The maximum atomic E-state index is 13.6. The first-order chi connectivity index (χ1) is 20.3. The zero-order valence-corrected chi connectivity index (χ0v) is 24.8. The van der Waals surface area contributed by atoms with Crippen LogP contribution in [0.15, 0.2) is 41.7 Å². The number of sulfonamides is 1. The minimum absolute atomic E-state index is 0.0289. The van der Waals surface area contributed by atoms with Gasteiger partial charge in [-0.2, -0.15) is 14.5 Å². The highest BCUT2D eigenvalue weighted by Gasteiger charge is 2.32. The topological polar surface area (TPSA) is 151 Å². The van der Waals surface area contributed by atoms with Gasteiger partial charge in [-0.25, -0.2) is 18.4 Å². The van der Waals surface area contributed by atoms with Crippen LogP contribution in [-0.2, 0) is 42.8 Å². The number of aromatic amines is 1. The number of aryl methyl sites for hydroxylation is 4. The van der Waals surface area contributed by atoms with Gasteiger partial charge in [-0.15, -0.1) is 0 Å². The lowest BCUT2D eigenvalue weighted by molar-refractivity contribution is 0.102. The summed E-state index contributed by atoms with van der Waals surface area (Å²) in [6.07, 6.45) is 8.84. The van der Waals surface area contributed by atoms with Gasteiger partial charge in [0.05, 0.1) is 17.6 Å². The third kappa shape index (κ3) is 5.07. The lowest BCUT2D eigenvalue weighted by Gasteiger charge is -2.31. The van der Waals surface area contributed by atoms with E-state index in [2.05, 4.69) is 44.8 Å². The molecule has 4 aromatic rings. The van der Waals surface area contributed by atoms with E-state index < -0.39 is 10.0 Å². The molecule has 0 unspecified atom stereocenters. The minimum atomic E-state index is -3.56. The summed E-state index contributed by atoms with van der Waals surface area (Å²) in [7, 11) is -1.72. The van der Waals surface area contributed by atoms with Gasteiger partial charge in [0.25, 0.3) is 5.91 Å². The van der Waals surface area contributed by atoms with E-state index in [0.717, 1.165) is 52.2 Å². The number of carbonyl (C=O) groups excluding carboxylic acids is 1. The number of para-hydroxylation sites is 1. The molecule has 3 N–H and O–H groups in total. The van der Waals surface area contributed by atoms with Gasteiger partial charge in [0.2, 0.25) is 16.0 Å².